The summed E-state index contributed by atoms with van der Waals surface area (Å²) in [6.45, 7) is 3.79. The van der Waals surface area contributed by atoms with Crippen LogP contribution in [0.1, 0.15) is 26.7 Å². The number of rotatable bonds is 5. The standard InChI is InChI=1S/C8H17NO2/c1-4-7(9-3)5-6(2)8(10)11/h6-7,9H,4-5H2,1-3H3,(H,10,11)/t6-,7+/m0/s1. The van der Waals surface area contributed by atoms with Gasteiger partial charge in [0, 0.05) is 6.04 Å². The molecule has 0 unspecified atom stereocenters. The molecule has 0 spiro atoms. The Hall–Kier alpha value is -0.570. The van der Waals surface area contributed by atoms with Crippen LogP contribution < -0.4 is 5.32 Å². The monoisotopic (exact) mass is 159 g/mol. The third-order valence-electron chi connectivity index (χ3n) is 1.96. The van der Waals surface area contributed by atoms with Gasteiger partial charge in [0.25, 0.3) is 0 Å². The molecule has 0 bridgehead atoms. The molecule has 0 aliphatic heterocycles. The van der Waals surface area contributed by atoms with Crippen molar-refractivity contribution in [3.63, 3.8) is 0 Å². The lowest BCUT2D eigenvalue weighted by Gasteiger charge is -2.15. The van der Waals surface area contributed by atoms with Crippen molar-refractivity contribution in [1.29, 1.82) is 0 Å². The quantitative estimate of drug-likeness (QED) is 0.631. The van der Waals surface area contributed by atoms with Crippen LogP contribution in [-0.4, -0.2) is 24.2 Å². The molecule has 0 aliphatic carbocycles. The smallest absolute Gasteiger partial charge is 0.306 e. The minimum Gasteiger partial charge on any atom is -0.481 e. The Balaban J connectivity index is 3.71. The van der Waals surface area contributed by atoms with Crippen LogP contribution in [0, 0.1) is 5.92 Å². The minimum atomic E-state index is -0.710. The molecule has 0 saturated heterocycles. The van der Waals surface area contributed by atoms with Gasteiger partial charge in [-0.15, -0.1) is 0 Å². The van der Waals surface area contributed by atoms with E-state index in [1.807, 2.05) is 7.05 Å². The fraction of sp³-hybridized carbons (Fsp3) is 0.875. The first kappa shape index (κ1) is 10.4. The summed E-state index contributed by atoms with van der Waals surface area (Å²) in [5.41, 5.74) is 0. The van der Waals surface area contributed by atoms with Gasteiger partial charge in [-0.1, -0.05) is 13.8 Å². The van der Waals surface area contributed by atoms with E-state index in [0.717, 1.165) is 6.42 Å². The second kappa shape index (κ2) is 5.13. The van der Waals surface area contributed by atoms with Crippen molar-refractivity contribution in [2.45, 2.75) is 32.7 Å². The molecular weight excluding hydrogens is 142 g/mol. The van der Waals surface area contributed by atoms with Gasteiger partial charge in [-0.25, -0.2) is 0 Å². The van der Waals surface area contributed by atoms with Gasteiger partial charge >= 0.3 is 5.97 Å². The second-order valence-electron chi connectivity index (χ2n) is 2.87. The molecule has 0 radical (unpaired) electrons. The Morgan fingerprint density at radius 3 is 2.45 bits per heavy atom. The van der Waals surface area contributed by atoms with Gasteiger partial charge in [-0.2, -0.15) is 0 Å². The molecule has 0 aromatic heterocycles. The molecule has 0 aliphatic rings. The normalized spacial score (nSPS) is 15.9. The summed E-state index contributed by atoms with van der Waals surface area (Å²) in [5, 5.41) is 11.7. The first-order valence-corrected chi connectivity index (χ1v) is 4.01. The second-order valence-corrected chi connectivity index (χ2v) is 2.87. The number of carbonyl (C=O) groups is 1. The number of hydrogen-bond acceptors (Lipinski definition) is 2. The average molecular weight is 159 g/mol. The molecule has 3 heteroatoms. The highest BCUT2D eigenvalue weighted by molar-refractivity contribution is 5.69. The van der Waals surface area contributed by atoms with Crippen LogP contribution >= 0.6 is 0 Å². The van der Waals surface area contributed by atoms with E-state index in [9.17, 15) is 4.79 Å². The fourth-order valence-electron chi connectivity index (χ4n) is 1.02. The van der Waals surface area contributed by atoms with Crippen LogP contribution in [0.5, 0.6) is 0 Å². The van der Waals surface area contributed by atoms with Crippen molar-refractivity contribution in [3.8, 4) is 0 Å². The van der Waals surface area contributed by atoms with Gasteiger partial charge in [0.15, 0.2) is 0 Å². The molecule has 0 rings (SSSR count). The summed E-state index contributed by atoms with van der Waals surface area (Å²) in [4.78, 5) is 10.4. The molecular formula is C8H17NO2. The van der Waals surface area contributed by atoms with Gasteiger partial charge in [-0.05, 0) is 19.9 Å². The van der Waals surface area contributed by atoms with Gasteiger partial charge in [0.2, 0.25) is 0 Å². The van der Waals surface area contributed by atoms with E-state index in [2.05, 4.69) is 12.2 Å². The number of aliphatic carboxylic acids is 1. The van der Waals surface area contributed by atoms with Gasteiger partial charge in [0.1, 0.15) is 0 Å². The van der Waals surface area contributed by atoms with Gasteiger partial charge < -0.3 is 10.4 Å². The predicted octanol–water partition coefficient (Wildman–Crippen LogP) is 1.10. The van der Waals surface area contributed by atoms with Crippen molar-refractivity contribution in [1.82, 2.24) is 5.32 Å². The average Bonchev–Trinajstić information content (AvgIpc) is 1.99. The molecule has 0 fully saturated rings. The molecule has 0 aromatic rings. The van der Waals surface area contributed by atoms with Crippen LogP contribution in [0.2, 0.25) is 0 Å². The highest BCUT2D eigenvalue weighted by atomic mass is 16.4. The highest BCUT2D eigenvalue weighted by Gasteiger charge is 2.15. The van der Waals surface area contributed by atoms with Crippen LogP contribution in [0.3, 0.4) is 0 Å². The lowest BCUT2D eigenvalue weighted by molar-refractivity contribution is -0.141. The van der Waals surface area contributed by atoms with E-state index in [1.54, 1.807) is 6.92 Å². The summed E-state index contributed by atoms with van der Waals surface area (Å²) >= 11 is 0. The van der Waals surface area contributed by atoms with Crippen molar-refractivity contribution < 1.29 is 9.90 Å². The van der Waals surface area contributed by atoms with Crippen molar-refractivity contribution in [2.24, 2.45) is 5.92 Å². The van der Waals surface area contributed by atoms with Gasteiger partial charge in [-0.3, -0.25) is 4.79 Å². The van der Waals surface area contributed by atoms with Crippen LogP contribution in [0.25, 0.3) is 0 Å². The fourth-order valence-corrected chi connectivity index (χ4v) is 1.02. The highest BCUT2D eigenvalue weighted by Crippen LogP contribution is 2.07. The Labute approximate surface area is 67.8 Å². The third kappa shape index (κ3) is 3.98. The maximum absolute atomic E-state index is 10.4. The van der Waals surface area contributed by atoms with E-state index in [0.29, 0.717) is 12.5 Å². The molecule has 2 N–H and O–H groups in total. The lowest BCUT2D eigenvalue weighted by atomic mass is 10.0. The van der Waals surface area contributed by atoms with Crippen LogP contribution in [0.4, 0.5) is 0 Å². The summed E-state index contributed by atoms with van der Waals surface area (Å²) in [5.74, 6) is -0.953. The van der Waals surface area contributed by atoms with E-state index < -0.39 is 5.97 Å². The molecule has 0 saturated carbocycles. The molecule has 66 valence electrons. The number of nitrogens with one attached hydrogen (secondary N) is 1. The molecule has 0 aromatic carbocycles. The zero-order valence-electron chi connectivity index (χ0n) is 7.42. The minimum absolute atomic E-state index is 0.243. The Morgan fingerprint density at radius 2 is 2.18 bits per heavy atom. The van der Waals surface area contributed by atoms with E-state index in [-0.39, 0.29) is 5.92 Å². The molecule has 3 nitrogen and oxygen atoms in total. The Bertz CT molecular complexity index is 121. The number of hydrogen-bond donors (Lipinski definition) is 2. The molecule has 0 amide bonds. The number of carboxylic acid groups (broad SMARTS) is 1. The first-order chi connectivity index (χ1) is 5.11. The summed E-state index contributed by atoms with van der Waals surface area (Å²) < 4.78 is 0. The third-order valence-corrected chi connectivity index (χ3v) is 1.96. The van der Waals surface area contributed by atoms with Crippen molar-refractivity contribution in [2.75, 3.05) is 7.05 Å². The summed E-state index contributed by atoms with van der Waals surface area (Å²) in [6.07, 6.45) is 1.69. The predicted molar refractivity (Wildman–Crippen MR) is 44.6 cm³/mol. The SMILES string of the molecule is CC[C@H](C[C@H](C)C(=O)O)NC. The summed E-state index contributed by atoms with van der Waals surface area (Å²) in [7, 11) is 1.86. The first-order valence-electron chi connectivity index (χ1n) is 4.01. The van der Waals surface area contributed by atoms with Crippen LogP contribution in [0.15, 0.2) is 0 Å². The van der Waals surface area contributed by atoms with E-state index in [4.69, 9.17) is 5.11 Å². The van der Waals surface area contributed by atoms with Gasteiger partial charge in [0.05, 0.1) is 5.92 Å². The zero-order chi connectivity index (χ0) is 8.85. The zero-order valence-corrected chi connectivity index (χ0v) is 7.42. The largest absolute Gasteiger partial charge is 0.481 e. The van der Waals surface area contributed by atoms with Crippen molar-refractivity contribution >= 4 is 5.97 Å². The topological polar surface area (TPSA) is 49.3 Å². The van der Waals surface area contributed by atoms with Crippen LogP contribution in [-0.2, 0) is 4.79 Å². The van der Waals surface area contributed by atoms with E-state index in [1.165, 1.54) is 0 Å². The molecule has 0 heterocycles. The van der Waals surface area contributed by atoms with Crippen molar-refractivity contribution in [3.05, 3.63) is 0 Å². The molecule has 11 heavy (non-hydrogen) atoms. The molecule has 2 atom stereocenters. The van der Waals surface area contributed by atoms with E-state index >= 15 is 0 Å². The Kier molecular flexibility index (Phi) is 4.86. The number of carboxylic acids is 1. The Morgan fingerprint density at radius 1 is 1.64 bits per heavy atom. The maximum Gasteiger partial charge on any atom is 0.306 e. The lowest BCUT2D eigenvalue weighted by Crippen LogP contribution is -2.28. The summed E-state index contributed by atoms with van der Waals surface area (Å²) in [6, 6.07) is 0.334. The maximum atomic E-state index is 10.4.